The SMILES string of the molecule is CCCCC(P)c1ccc(-c2ccccc2)cc1. The summed E-state index contributed by atoms with van der Waals surface area (Å²) in [6.45, 7) is 2.25. The molecule has 0 N–H and O–H groups in total. The molecule has 0 aromatic heterocycles. The van der Waals surface area contributed by atoms with Gasteiger partial charge in [-0.15, -0.1) is 9.24 Å². The molecule has 94 valence electrons. The summed E-state index contributed by atoms with van der Waals surface area (Å²) >= 11 is 0. The first-order valence-corrected chi connectivity index (χ1v) is 7.39. The number of rotatable bonds is 5. The predicted octanol–water partition coefficient (Wildman–Crippen LogP) is 5.46. The van der Waals surface area contributed by atoms with E-state index in [-0.39, 0.29) is 0 Å². The molecule has 0 saturated carbocycles. The minimum absolute atomic E-state index is 0.592. The molecule has 2 aromatic rings. The van der Waals surface area contributed by atoms with Gasteiger partial charge in [-0.1, -0.05) is 74.4 Å². The summed E-state index contributed by atoms with van der Waals surface area (Å²) in [5.74, 6) is 0. The minimum atomic E-state index is 0.592. The quantitative estimate of drug-likeness (QED) is 0.623. The topological polar surface area (TPSA) is 0 Å². The largest absolute Gasteiger partial charge is 0.130 e. The van der Waals surface area contributed by atoms with Gasteiger partial charge in [0.1, 0.15) is 0 Å². The number of hydrogen-bond donors (Lipinski definition) is 0. The van der Waals surface area contributed by atoms with E-state index in [0.717, 1.165) is 0 Å². The average molecular weight is 256 g/mol. The Kier molecular flexibility index (Phi) is 4.96. The third kappa shape index (κ3) is 3.43. The first-order valence-electron chi connectivity index (χ1n) is 6.72. The summed E-state index contributed by atoms with van der Waals surface area (Å²) < 4.78 is 0. The number of hydrogen-bond acceptors (Lipinski definition) is 0. The molecule has 18 heavy (non-hydrogen) atoms. The first kappa shape index (κ1) is 13.3. The Hall–Kier alpha value is -1.13. The molecular weight excluding hydrogens is 235 g/mol. The van der Waals surface area contributed by atoms with E-state index >= 15 is 0 Å². The van der Waals surface area contributed by atoms with Gasteiger partial charge in [-0.3, -0.25) is 0 Å². The van der Waals surface area contributed by atoms with Crippen molar-refractivity contribution in [2.45, 2.75) is 31.8 Å². The summed E-state index contributed by atoms with van der Waals surface area (Å²) in [6, 6.07) is 19.5. The van der Waals surface area contributed by atoms with Crippen LogP contribution in [-0.2, 0) is 0 Å². The third-order valence-electron chi connectivity index (χ3n) is 3.31. The van der Waals surface area contributed by atoms with Crippen molar-refractivity contribution >= 4 is 9.24 Å². The number of benzene rings is 2. The summed E-state index contributed by atoms with van der Waals surface area (Å²) in [6.07, 6.45) is 3.83. The highest BCUT2D eigenvalue weighted by Gasteiger charge is 2.05. The van der Waals surface area contributed by atoms with Crippen LogP contribution in [0.15, 0.2) is 54.6 Å². The molecule has 0 nitrogen and oxygen atoms in total. The van der Waals surface area contributed by atoms with Crippen LogP contribution in [0.25, 0.3) is 11.1 Å². The van der Waals surface area contributed by atoms with Crippen molar-refractivity contribution in [3.8, 4) is 11.1 Å². The van der Waals surface area contributed by atoms with Crippen molar-refractivity contribution in [3.05, 3.63) is 60.2 Å². The average Bonchev–Trinajstić information content (AvgIpc) is 2.46. The van der Waals surface area contributed by atoms with E-state index in [1.807, 2.05) is 0 Å². The zero-order valence-electron chi connectivity index (χ0n) is 11.0. The van der Waals surface area contributed by atoms with Crippen LogP contribution >= 0.6 is 9.24 Å². The molecule has 2 aromatic carbocycles. The summed E-state index contributed by atoms with van der Waals surface area (Å²) in [7, 11) is 2.97. The lowest BCUT2D eigenvalue weighted by Gasteiger charge is -2.11. The van der Waals surface area contributed by atoms with Crippen molar-refractivity contribution < 1.29 is 0 Å². The molecule has 2 unspecified atom stereocenters. The summed E-state index contributed by atoms with van der Waals surface area (Å²) in [4.78, 5) is 0. The Morgan fingerprint density at radius 2 is 1.50 bits per heavy atom. The van der Waals surface area contributed by atoms with E-state index in [1.54, 1.807) is 0 Å². The highest BCUT2D eigenvalue weighted by atomic mass is 31.0. The van der Waals surface area contributed by atoms with Gasteiger partial charge in [0.25, 0.3) is 0 Å². The Bertz CT molecular complexity index is 459. The summed E-state index contributed by atoms with van der Waals surface area (Å²) in [5, 5.41) is 0. The van der Waals surface area contributed by atoms with Gasteiger partial charge in [-0.25, -0.2) is 0 Å². The molecular formula is C17H21P. The first-order chi connectivity index (χ1) is 8.81. The van der Waals surface area contributed by atoms with Crippen molar-refractivity contribution in [1.29, 1.82) is 0 Å². The molecule has 2 atom stereocenters. The van der Waals surface area contributed by atoms with E-state index in [4.69, 9.17) is 0 Å². The second-order valence-corrected chi connectivity index (χ2v) is 5.54. The molecule has 0 fully saturated rings. The van der Waals surface area contributed by atoms with Crippen LogP contribution in [0, 0.1) is 0 Å². The maximum absolute atomic E-state index is 2.97. The molecule has 0 heterocycles. The molecule has 0 radical (unpaired) electrons. The molecule has 0 amide bonds. The highest BCUT2D eigenvalue weighted by molar-refractivity contribution is 7.17. The van der Waals surface area contributed by atoms with E-state index in [2.05, 4.69) is 70.8 Å². The predicted molar refractivity (Wildman–Crippen MR) is 83.9 cm³/mol. The molecule has 0 spiro atoms. The van der Waals surface area contributed by atoms with Crippen LogP contribution in [0.3, 0.4) is 0 Å². The fraction of sp³-hybridized carbons (Fsp3) is 0.294. The van der Waals surface area contributed by atoms with Gasteiger partial charge in [0, 0.05) is 0 Å². The van der Waals surface area contributed by atoms with E-state index < -0.39 is 0 Å². The van der Waals surface area contributed by atoms with Crippen LogP contribution < -0.4 is 0 Å². The molecule has 0 saturated heterocycles. The lowest BCUT2D eigenvalue weighted by molar-refractivity contribution is 0.707. The Morgan fingerprint density at radius 1 is 0.889 bits per heavy atom. The van der Waals surface area contributed by atoms with Gasteiger partial charge in [0.15, 0.2) is 0 Å². The Labute approximate surface area is 113 Å². The molecule has 0 bridgehead atoms. The molecule has 0 aliphatic carbocycles. The van der Waals surface area contributed by atoms with Crippen molar-refractivity contribution in [1.82, 2.24) is 0 Å². The lowest BCUT2D eigenvalue weighted by Crippen LogP contribution is -1.89. The smallest absolute Gasteiger partial charge is 0.00146 e. The van der Waals surface area contributed by atoms with Crippen molar-refractivity contribution in [2.75, 3.05) is 0 Å². The third-order valence-corrected chi connectivity index (χ3v) is 4.03. The Balaban J connectivity index is 2.10. The molecule has 0 aliphatic rings. The van der Waals surface area contributed by atoms with E-state index in [9.17, 15) is 0 Å². The van der Waals surface area contributed by atoms with Gasteiger partial charge in [0.2, 0.25) is 0 Å². The van der Waals surface area contributed by atoms with Crippen molar-refractivity contribution in [3.63, 3.8) is 0 Å². The van der Waals surface area contributed by atoms with Gasteiger partial charge in [-0.05, 0) is 28.8 Å². The number of unbranched alkanes of at least 4 members (excludes halogenated alkanes) is 1. The van der Waals surface area contributed by atoms with Crippen LogP contribution in [0.4, 0.5) is 0 Å². The maximum atomic E-state index is 2.97. The van der Waals surface area contributed by atoms with Crippen LogP contribution in [0.5, 0.6) is 0 Å². The minimum Gasteiger partial charge on any atom is -0.130 e. The van der Waals surface area contributed by atoms with E-state index in [1.165, 1.54) is 36.0 Å². The lowest BCUT2D eigenvalue weighted by atomic mass is 10.0. The van der Waals surface area contributed by atoms with Gasteiger partial charge in [0.05, 0.1) is 0 Å². The van der Waals surface area contributed by atoms with E-state index in [0.29, 0.717) is 5.66 Å². The fourth-order valence-electron chi connectivity index (χ4n) is 2.14. The molecule has 1 heteroatoms. The maximum Gasteiger partial charge on any atom is -0.00146 e. The van der Waals surface area contributed by atoms with Crippen LogP contribution in [0.1, 0.15) is 37.4 Å². The second kappa shape index (κ2) is 6.71. The highest BCUT2D eigenvalue weighted by Crippen LogP contribution is 2.30. The van der Waals surface area contributed by atoms with Crippen LogP contribution in [-0.4, -0.2) is 0 Å². The second-order valence-electron chi connectivity index (χ2n) is 4.74. The zero-order valence-corrected chi connectivity index (χ0v) is 12.1. The van der Waals surface area contributed by atoms with Gasteiger partial charge < -0.3 is 0 Å². The fourth-order valence-corrected chi connectivity index (χ4v) is 2.60. The van der Waals surface area contributed by atoms with Gasteiger partial charge in [-0.2, -0.15) is 0 Å². The molecule has 2 rings (SSSR count). The monoisotopic (exact) mass is 256 g/mol. The standard InChI is InChI=1S/C17H21P/c1-2-3-9-17(18)16-12-10-15(11-13-16)14-7-5-4-6-8-14/h4-8,10-13,17H,2-3,9,18H2,1H3. The molecule has 0 aliphatic heterocycles. The zero-order chi connectivity index (χ0) is 12.8. The van der Waals surface area contributed by atoms with Crippen LogP contribution in [0.2, 0.25) is 0 Å². The van der Waals surface area contributed by atoms with Crippen molar-refractivity contribution in [2.24, 2.45) is 0 Å². The van der Waals surface area contributed by atoms with Gasteiger partial charge >= 0.3 is 0 Å². The Morgan fingerprint density at radius 3 is 2.11 bits per heavy atom. The normalized spacial score (nSPS) is 12.3. The summed E-state index contributed by atoms with van der Waals surface area (Å²) in [5.41, 5.74) is 4.60.